The maximum Gasteiger partial charge on any atom is 0.321 e. The summed E-state index contributed by atoms with van der Waals surface area (Å²) in [7, 11) is 1.45. The highest BCUT2D eigenvalue weighted by Crippen LogP contribution is 2.26. The van der Waals surface area contributed by atoms with E-state index >= 15 is 0 Å². The molecule has 0 N–H and O–H groups in total. The first-order valence-corrected chi connectivity index (χ1v) is 4.60. The van der Waals surface area contributed by atoms with Gasteiger partial charge in [0, 0.05) is 0 Å². The molecule has 0 saturated carbocycles. The molecule has 6 heteroatoms. The molecule has 0 bridgehead atoms. The summed E-state index contributed by atoms with van der Waals surface area (Å²) < 4.78 is 10.1. The van der Waals surface area contributed by atoms with Crippen molar-refractivity contribution >= 4 is 11.6 Å². The zero-order valence-corrected chi connectivity index (χ0v) is 9.37. The van der Waals surface area contributed by atoms with Crippen molar-refractivity contribution in [3.63, 3.8) is 0 Å². The Morgan fingerprint density at radius 1 is 1.47 bits per heavy atom. The van der Waals surface area contributed by atoms with Crippen LogP contribution in [0.25, 0.3) is 0 Å². The lowest BCUT2D eigenvalue weighted by Crippen LogP contribution is -2.11. The Balaban J connectivity index is 3.02. The minimum Gasteiger partial charge on any atom is -0.480 e. The second-order valence-corrected chi connectivity index (χ2v) is 3.18. The molecule has 1 aromatic heterocycles. The van der Waals surface area contributed by atoms with E-state index in [1.165, 1.54) is 7.11 Å². The van der Waals surface area contributed by atoms with Gasteiger partial charge in [0.15, 0.2) is 6.10 Å². The summed E-state index contributed by atoms with van der Waals surface area (Å²) in [6, 6.07) is 1.99. The van der Waals surface area contributed by atoms with E-state index in [-0.39, 0.29) is 11.9 Å². The SMILES string of the molecule is COc1nc(O[C@@H](C)C#N)nc(C)c1Cl. The minimum absolute atomic E-state index is 0.0859. The van der Waals surface area contributed by atoms with Gasteiger partial charge < -0.3 is 9.47 Å². The van der Waals surface area contributed by atoms with E-state index in [1.54, 1.807) is 13.8 Å². The van der Waals surface area contributed by atoms with Crippen LogP contribution >= 0.6 is 11.6 Å². The lowest BCUT2D eigenvalue weighted by Gasteiger charge is -2.09. The van der Waals surface area contributed by atoms with E-state index in [0.29, 0.717) is 10.7 Å². The van der Waals surface area contributed by atoms with Crippen molar-refractivity contribution in [1.29, 1.82) is 5.26 Å². The Kier molecular flexibility index (Phi) is 3.69. The molecule has 0 aromatic carbocycles. The van der Waals surface area contributed by atoms with E-state index in [2.05, 4.69) is 9.97 Å². The maximum atomic E-state index is 8.56. The molecule has 0 fully saturated rings. The summed E-state index contributed by atoms with van der Waals surface area (Å²) in [5, 5.41) is 8.90. The molecule has 0 radical (unpaired) electrons. The van der Waals surface area contributed by atoms with Crippen LogP contribution < -0.4 is 9.47 Å². The van der Waals surface area contributed by atoms with Crippen LogP contribution in [-0.4, -0.2) is 23.2 Å². The van der Waals surface area contributed by atoms with Crippen molar-refractivity contribution in [2.24, 2.45) is 0 Å². The van der Waals surface area contributed by atoms with Crippen molar-refractivity contribution in [1.82, 2.24) is 9.97 Å². The topological polar surface area (TPSA) is 68.0 Å². The quantitative estimate of drug-likeness (QED) is 0.787. The number of ether oxygens (including phenoxy) is 2. The van der Waals surface area contributed by atoms with Crippen molar-refractivity contribution in [3.8, 4) is 18.0 Å². The fraction of sp³-hybridized carbons (Fsp3) is 0.444. The third kappa shape index (κ3) is 2.70. The molecule has 0 unspecified atom stereocenters. The van der Waals surface area contributed by atoms with Gasteiger partial charge in [0.25, 0.3) is 0 Å². The number of methoxy groups -OCH3 is 1. The number of halogens is 1. The third-order valence-electron chi connectivity index (χ3n) is 1.62. The predicted octanol–water partition coefficient (Wildman–Crippen LogP) is 1.74. The average Bonchev–Trinajstić information content (AvgIpc) is 2.22. The number of nitrogens with zero attached hydrogens (tertiary/aromatic N) is 3. The molecule has 0 amide bonds. The predicted molar refractivity (Wildman–Crippen MR) is 54.0 cm³/mol. The van der Waals surface area contributed by atoms with Gasteiger partial charge in [-0.05, 0) is 13.8 Å². The summed E-state index contributed by atoms with van der Waals surface area (Å²) in [6.07, 6.45) is -0.615. The second kappa shape index (κ2) is 4.80. The van der Waals surface area contributed by atoms with E-state index in [9.17, 15) is 0 Å². The van der Waals surface area contributed by atoms with E-state index in [4.69, 9.17) is 26.3 Å². The number of hydrogen-bond donors (Lipinski definition) is 0. The summed E-state index contributed by atoms with van der Waals surface area (Å²) in [5.74, 6) is 0.240. The standard InChI is InChI=1S/C9H10ClN3O2/c1-5(4-11)15-9-12-6(2)7(10)8(13-9)14-3/h5H,1-3H3/t5-/m0/s1. The fourth-order valence-electron chi connectivity index (χ4n) is 0.881. The smallest absolute Gasteiger partial charge is 0.321 e. The van der Waals surface area contributed by atoms with Crippen LogP contribution in [0.15, 0.2) is 0 Å². The van der Waals surface area contributed by atoms with Gasteiger partial charge in [-0.3, -0.25) is 0 Å². The molecule has 0 aliphatic rings. The zero-order chi connectivity index (χ0) is 11.4. The first kappa shape index (κ1) is 11.5. The number of nitriles is 1. The highest BCUT2D eigenvalue weighted by atomic mass is 35.5. The molecular formula is C9H10ClN3O2. The van der Waals surface area contributed by atoms with Crippen LogP contribution in [0.2, 0.25) is 5.02 Å². The Morgan fingerprint density at radius 3 is 2.67 bits per heavy atom. The molecule has 0 saturated heterocycles. The molecule has 15 heavy (non-hydrogen) atoms. The maximum absolute atomic E-state index is 8.56. The zero-order valence-electron chi connectivity index (χ0n) is 8.61. The summed E-state index contributed by atoms with van der Waals surface area (Å²) in [4.78, 5) is 7.87. The molecule has 0 aliphatic heterocycles. The third-order valence-corrected chi connectivity index (χ3v) is 2.06. The molecule has 80 valence electrons. The second-order valence-electron chi connectivity index (χ2n) is 2.80. The minimum atomic E-state index is -0.615. The van der Waals surface area contributed by atoms with Gasteiger partial charge >= 0.3 is 6.01 Å². The van der Waals surface area contributed by atoms with Crippen molar-refractivity contribution < 1.29 is 9.47 Å². The van der Waals surface area contributed by atoms with Crippen molar-refractivity contribution in [2.45, 2.75) is 20.0 Å². The average molecular weight is 228 g/mol. The highest BCUT2D eigenvalue weighted by molar-refractivity contribution is 6.32. The number of aryl methyl sites for hydroxylation is 1. The molecule has 1 aromatic rings. The van der Waals surface area contributed by atoms with Crippen LogP contribution in [0.5, 0.6) is 11.9 Å². The van der Waals surface area contributed by atoms with Crippen molar-refractivity contribution in [3.05, 3.63) is 10.7 Å². The van der Waals surface area contributed by atoms with Gasteiger partial charge in [-0.25, -0.2) is 0 Å². The monoisotopic (exact) mass is 227 g/mol. The molecule has 1 heterocycles. The van der Waals surface area contributed by atoms with Gasteiger partial charge in [0.1, 0.15) is 11.1 Å². The van der Waals surface area contributed by atoms with E-state index in [1.807, 2.05) is 6.07 Å². The van der Waals surface area contributed by atoms with Crippen LogP contribution in [-0.2, 0) is 0 Å². The molecule has 1 rings (SSSR count). The van der Waals surface area contributed by atoms with Gasteiger partial charge in [0.05, 0.1) is 12.8 Å². The Hall–Kier alpha value is -1.54. The van der Waals surface area contributed by atoms with Crippen LogP contribution in [0, 0.1) is 18.3 Å². The summed E-state index contributed by atoms with van der Waals surface area (Å²) >= 11 is 5.87. The molecule has 0 aliphatic carbocycles. The van der Waals surface area contributed by atoms with Gasteiger partial charge in [-0.1, -0.05) is 11.6 Å². The molecule has 5 nitrogen and oxygen atoms in total. The lowest BCUT2D eigenvalue weighted by molar-refractivity contribution is 0.248. The largest absolute Gasteiger partial charge is 0.480 e. The highest BCUT2D eigenvalue weighted by Gasteiger charge is 2.12. The molecule has 0 spiro atoms. The number of aromatic nitrogens is 2. The number of hydrogen-bond acceptors (Lipinski definition) is 5. The van der Waals surface area contributed by atoms with Crippen molar-refractivity contribution in [2.75, 3.05) is 7.11 Å². The van der Waals surface area contributed by atoms with Gasteiger partial charge in [-0.2, -0.15) is 15.2 Å². The fourth-order valence-corrected chi connectivity index (χ4v) is 1.04. The normalized spacial score (nSPS) is 11.7. The Labute approximate surface area is 92.6 Å². The Bertz CT molecular complexity index is 403. The lowest BCUT2D eigenvalue weighted by atomic mass is 10.4. The van der Waals surface area contributed by atoms with Crippen LogP contribution in [0.3, 0.4) is 0 Å². The molecule has 1 atom stereocenters. The van der Waals surface area contributed by atoms with Gasteiger partial charge in [0.2, 0.25) is 5.88 Å². The van der Waals surface area contributed by atoms with E-state index in [0.717, 1.165) is 0 Å². The van der Waals surface area contributed by atoms with Crippen LogP contribution in [0.1, 0.15) is 12.6 Å². The Morgan fingerprint density at radius 2 is 2.13 bits per heavy atom. The summed E-state index contributed by atoms with van der Waals surface area (Å²) in [5.41, 5.74) is 0.545. The summed E-state index contributed by atoms with van der Waals surface area (Å²) in [6.45, 7) is 3.30. The van der Waals surface area contributed by atoms with Gasteiger partial charge in [-0.15, -0.1) is 0 Å². The van der Waals surface area contributed by atoms with E-state index < -0.39 is 6.10 Å². The number of rotatable bonds is 3. The molecular weight excluding hydrogens is 218 g/mol. The first-order valence-electron chi connectivity index (χ1n) is 4.23. The first-order chi connectivity index (χ1) is 7.08. The van der Waals surface area contributed by atoms with Crippen LogP contribution in [0.4, 0.5) is 0 Å².